The molecule has 0 radical (unpaired) electrons. The van der Waals surface area contributed by atoms with Crippen LogP contribution in [0.5, 0.6) is 0 Å². The number of rotatable bonds is 2. The molecule has 1 aliphatic heterocycles. The first-order valence-electron chi connectivity index (χ1n) is 7.04. The van der Waals surface area contributed by atoms with Crippen LogP contribution >= 0.6 is 0 Å². The average molecular weight is 298 g/mol. The quantitative estimate of drug-likeness (QED) is 0.716. The number of hydrogen-bond acceptors (Lipinski definition) is 6. The molecule has 8 heteroatoms. The summed E-state index contributed by atoms with van der Waals surface area (Å²) in [6.07, 6.45) is 1.77. The lowest BCUT2D eigenvalue weighted by Gasteiger charge is -2.27. The minimum absolute atomic E-state index is 0.261. The van der Waals surface area contributed by atoms with Gasteiger partial charge >= 0.3 is 0 Å². The Morgan fingerprint density at radius 3 is 2.77 bits per heavy atom. The molecule has 0 spiro atoms. The molecule has 0 aliphatic carbocycles. The van der Waals surface area contributed by atoms with E-state index in [4.69, 9.17) is 4.74 Å². The van der Waals surface area contributed by atoms with Crippen LogP contribution in [0.25, 0.3) is 22.3 Å². The van der Waals surface area contributed by atoms with Gasteiger partial charge < -0.3 is 9.64 Å². The van der Waals surface area contributed by atoms with Gasteiger partial charge in [-0.25, -0.2) is 10.1 Å². The van der Waals surface area contributed by atoms with E-state index in [2.05, 4.69) is 30.3 Å². The Hall–Kier alpha value is -2.74. The molecule has 0 unspecified atom stereocenters. The van der Waals surface area contributed by atoms with Crippen LogP contribution < -0.4 is 10.5 Å². The zero-order valence-electron chi connectivity index (χ0n) is 11.7. The van der Waals surface area contributed by atoms with Crippen molar-refractivity contribution in [2.75, 3.05) is 31.2 Å². The number of morpholine rings is 1. The van der Waals surface area contributed by atoms with E-state index >= 15 is 0 Å². The Balaban J connectivity index is 1.68. The third-order valence-corrected chi connectivity index (χ3v) is 3.68. The molecule has 1 saturated heterocycles. The van der Waals surface area contributed by atoms with E-state index in [1.165, 1.54) is 6.07 Å². The monoisotopic (exact) mass is 298 g/mol. The second-order valence-corrected chi connectivity index (χ2v) is 5.07. The van der Waals surface area contributed by atoms with Gasteiger partial charge in [0.05, 0.1) is 18.7 Å². The maximum Gasteiger partial charge on any atom is 0.266 e. The summed E-state index contributed by atoms with van der Waals surface area (Å²) in [6.45, 7) is 3.15. The Morgan fingerprint density at radius 2 is 2.00 bits per heavy atom. The molecular formula is C14H14N6O2. The van der Waals surface area contributed by atoms with E-state index in [-0.39, 0.29) is 5.56 Å². The van der Waals surface area contributed by atoms with E-state index in [0.717, 1.165) is 37.7 Å². The second-order valence-electron chi connectivity index (χ2n) is 5.07. The zero-order chi connectivity index (χ0) is 14.9. The lowest BCUT2D eigenvalue weighted by Crippen LogP contribution is -2.36. The summed E-state index contributed by atoms with van der Waals surface area (Å²) < 4.78 is 5.34. The first-order chi connectivity index (χ1) is 10.8. The van der Waals surface area contributed by atoms with Crippen molar-refractivity contribution >= 4 is 16.9 Å². The highest BCUT2D eigenvalue weighted by Gasteiger charge is 2.14. The zero-order valence-corrected chi connectivity index (χ0v) is 11.7. The van der Waals surface area contributed by atoms with Gasteiger partial charge in [0.1, 0.15) is 17.0 Å². The van der Waals surface area contributed by atoms with Crippen LogP contribution in [0, 0.1) is 0 Å². The summed E-state index contributed by atoms with van der Waals surface area (Å²) in [4.78, 5) is 17.9. The molecule has 2 N–H and O–H groups in total. The van der Waals surface area contributed by atoms with Crippen molar-refractivity contribution in [1.29, 1.82) is 0 Å². The molecule has 0 amide bonds. The van der Waals surface area contributed by atoms with Crippen molar-refractivity contribution in [2.24, 2.45) is 0 Å². The number of nitrogens with zero attached hydrogens (tertiary/aromatic N) is 4. The van der Waals surface area contributed by atoms with Crippen molar-refractivity contribution in [3.05, 3.63) is 34.7 Å². The van der Waals surface area contributed by atoms with Crippen LogP contribution in [-0.4, -0.2) is 51.7 Å². The number of ether oxygens (including phenoxy) is 1. The number of H-pyrrole nitrogens is 2. The number of anilines is 1. The number of hydrogen-bond donors (Lipinski definition) is 2. The van der Waals surface area contributed by atoms with Crippen molar-refractivity contribution in [1.82, 2.24) is 25.4 Å². The molecule has 8 nitrogen and oxygen atoms in total. The minimum atomic E-state index is -0.261. The Morgan fingerprint density at radius 1 is 1.14 bits per heavy atom. The summed E-state index contributed by atoms with van der Waals surface area (Å²) >= 11 is 0. The highest BCUT2D eigenvalue weighted by Crippen LogP contribution is 2.24. The number of nitrogens with one attached hydrogen (secondary N) is 2. The maximum absolute atomic E-state index is 11.3. The fraction of sp³-hybridized carbons (Fsp3) is 0.286. The van der Waals surface area contributed by atoms with Gasteiger partial charge in [0.15, 0.2) is 0 Å². The molecular weight excluding hydrogens is 284 g/mol. The molecule has 0 aromatic carbocycles. The first-order valence-corrected chi connectivity index (χ1v) is 7.04. The summed E-state index contributed by atoms with van der Waals surface area (Å²) in [5.41, 5.74) is 2.50. The fourth-order valence-corrected chi connectivity index (χ4v) is 2.54. The van der Waals surface area contributed by atoms with Gasteiger partial charge in [-0.3, -0.25) is 9.89 Å². The number of fused-ring (bicyclic) bond motifs is 1. The Bertz CT molecular complexity index is 848. The van der Waals surface area contributed by atoms with Crippen LogP contribution in [0.1, 0.15) is 0 Å². The van der Waals surface area contributed by atoms with E-state index in [9.17, 15) is 4.79 Å². The van der Waals surface area contributed by atoms with Crippen molar-refractivity contribution in [3.8, 4) is 11.3 Å². The lowest BCUT2D eigenvalue weighted by molar-refractivity contribution is 0.122. The van der Waals surface area contributed by atoms with Gasteiger partial charge in [-0.1, -0.05) is 0 Å². The predicted octanol–water partition coefficient (Wildman–Crippen LogP) is 0.545. The van der Waals surface area contributed by atoms with Gasteiger partial charge in [-0.05, 0) is 12.1 Å². The summed E-state index contributed by atoms with van der Waals surface area (Å²) in [6, 6.07) is 5.36. The maximum atomic E-state index is 11.3. The number of aromatic nitrogens is 5. The topological polar surface area (TPSA) is 99.8 Å². The molecule has 112 valence electrons. The molecule has 3 aromatic heterocycles. The minimum Gasteiger partial charge on any atom is -0.378 e. The van der Waals surface area contributed by atoms with Gasteiger partial charge in [0.2, 0.25) is 0 Å². The summed E-state index contributed by atoms with van der Waals surface area (Å²) in [5, 5.41) is 13.5. The van der Waals surface area contributed by atoms with Crippen LogP contribution in [0.2, 0.25) is 0 Å². The van der Waals surface area contributed by atoms with E-state index in [0.29, 0.717) is 16.7 Å². The van der Waals surface area contributed by atoms with Gasteiger partial charge in [-0.15, -0.1) is 0 Å². The van der Waals surface area contributed by atoms with Crippen molar-refractivity contribution in [2.45, 2.75) is 0 Å². The summed E-state index contributed by atoms with van der Waals surface area (Å²) in [7, 11) is 0. The molecule has 1 aliphatic rings. The molecule has 3 aromatic rings. The molecule has 4 rings (SSSR count). The largest absolute Gasteiger partial charge is 0.378 e. The van der Waals surface area contributed by atoms with Crippen LogP contribution in [0.3, 0.4) is 0 Å². The number of pyridine rings is 1. The fourth-order valence-electron chi connectivity index (χ4n) is 2.54. The van der Waals surface area contributed by atoms with Crippen molar-refractivity contribution < 1.29 is 4.74 Å². The Kier molecular flexibility index (Phi) is 3.08. The molecule has 0 saturated carbocycles. The van der Waals surface area contributed by atoms with Crippen molar-refractivity contribution in [3.63, 3.8) is 0 Å². The third-order valence-electron chi connectivity index (χ3n) is 3.68. The molecule has 0 atom stereocenters. The summed E-state index contributed by atoms with van der Waals surface area (Å²) in [5.74, 6) is 0.924. The molecule has 22 heavy (non-hydrogen) atoms. The van der Waals surface area contributed by atoms with Crippen LogP contribution in [-0.2, 0) is 4.74 Å². The first kappa shape index (κ1) is 13.0. The lowest BCUT2D eigenvalue weighted by atomic mass is 10.2. The van der Waals surface area contributed by atoms with Gasteiger partial charge in [0, 0.05) is 30.9 Å². The smallest absolute Gasteiger partial charge is 0.266 e. The standard InChI is InChI=1S/C14H14N6O2/c21-12-7-10-14(19-17-12)13(18-16-10)9-1-2-11(15-8-9)20-3-5-22-6-4-20/h1-2,7-8H,3-6H2,(H,16,18)(H,17,21). The third kappa shape index (κ3) is 2.23. The van der Waals surface area contributed by atoms with E-state index in [1.807, 2.05) is 12.1 Å². The number of aromatic amines is 2. The second kappa shape index (κ2) is 5.23. The SMILES string of the molecule is O=c1cc2[nH]nc(-c3ccc(N4CCOCC4)nc3)c2n[nH]1. The van der Waals surface area contributed by atoms with Crippen LogP contribution in [0.4, 0.5) is 5.82 Å². The normalized spacial score (nSPS) is 15.4. The average Bonchev–Trinajstić information content (AvgIpc) is 2.99. The highest BCUT2D eigenvalue weighted by molar-refractivity contribution is 5.88. The highest BCUT2D eigenvalue weighted by atomic mass is 16.5. The molecule has 0 bridgehead atoms. The predicted molar refractivity (Wildman–Crippen MR) is 80.8 cm³/mol. The van der Waals surface area contributed by atoms with E-state index in [1.54, 1.807) is 6.20 Å². The van der Waals surface area contributed by atoms with Gasteiger partial charge in [0.25, 0.3) is 5.56 Å². The van der Waals surface area contributed by atoms with Crippen LogP contribution in [0.15, 0.2) is 29.2 Å². The Labute approximate surface area is 125 Å². The molecule has 4 heterocycles. The van der Waals surface area contributed by atoms with E-state index < -0.39 is 0 Å². The van der Waals surface area contributed by atoms with Gasteiger partial charge in [-0.2, -0.15) is 10.2 Å². The molecule has 1 fully saturated rings.